The maximum absolute atomic E-state index is 11.0. The summed E-state index contributed by atoms with van der Waals surface area (Å²) in [6.45, 7) is 3.18. The summed E-state index contributed by atoms with van der Waals surface area (Å²) in [7, 11) is -2.45. The van der Waals surface area contributed by atoms with E-state index < -0.39 is 10.7 Å². The van der Waals surface area contributed by atoms with Gasteiger partial charge in [-0.2, -0.15) is 0 Å². The number of thiol groups is 1. The van der Waals surface area contributed by atoms with Crippen LogP contribution < -0.4 is 10.6 Å². The van der Waals surface area contributed by atoms with Crippen LogP contribution >= 0.6 is 0 Å². The van der Waals surface area contributed by atoms with Crippen molar-refractivity contribution in [2.75, 3.05) is 36.9 Å². The zero-order chi connectivity index (χ0) is 22.8. The van der Waals surface area contributed by atoms with E-state index in [4.69, 9.17) is 20.4 Å². The Bertz CT molecular complexity index is 1340. The minimum Gasteiger partial charge on any atom is -0.378 e. The number of fused-ring (bicyclic) bond motifs is 1. The monoisotopic (exact) mass is 466 g/mol. The summed E-state index contributed by atoms with van der Waals surface area (Å²) in [5, 5.41) is 0. The first-order valence-electron chi connectivity index (χ1n) is 10.4. The van der Waals surface area contributed by atoms with E-state index in [-0.39, 0.29) is 11.7 Å². The fourth-order valence-corrected chi connectivity index (χ4v) is 4.23. The van der Waals surface area contributed by atoms with Crippen molar-refractivity contribution in [2.24, 2.45) is 0 Å². The van der Waals surface area contributed by atoms with Crippen LogP contribution in [0, 0.1) is 0 Å². The second kappa shape index (κ2) is 9.08. The number of nitrogens with zero attached hydrogens (tertiary/aromatic N) is 7. The molecule has 0 saturated carbocycles. The average Bonchev–Trinajstić information content (AvgIpc) is 3.23. The number of nitrogens with two attached hydrogens (primary N) is 1. The van der Waals surface area contributed by atoms with Crippen LogP contribution in [0.4, 0.5) is 11.8 Å². The summed E-state index contributed by atoms with van der Waals surface area (Å²) in [5.74, 6) is 1.44. The normalized spacial score (nSPS) is 14.3. The number of ether oxygens (including phenoxy) is 1. The molecule has 0 aliphatic carbocycles. The summed E-state index contributed by atoms with van der Waals surface area (Å²) >= 11 is 0. The highest BCUT2D eigenvalue weighted by atomic mass is 32.2. The first kappa shape index (κ1) is 21.2. The SMILES string of the molecule is Nc1ncc(-c2nc(N3CCOCC3)c3ncn(Cc4ccc(C[SH](=O)=O)cc4)c3n2)cn1. The molecule has 4 heterocycles. The van der Waals surface area contributed by atoms with Gasteiger partial charge in [-0.1, -0.05) is 24.3 Å². The number of nitrogen functional groups attached to an aromatic ring is 1. The zero-order valence-electron chi connectivity index (χ0n) is 17.7. The second-order valence-electron chi connectivity index (χ2n) is 7.65. The number of benzene rings is 1. The molecule has 0 atom stereocenters. The quantitative estimate of drug-likeness (QED) is 0.393. The van der Waals surface area contributed by atoms with Crippen LogP contribution in [0.25, 0.3) is 22.6 Å². The van der Waals surface area contributed by atoms with Crippen molar-refractivity contribution in [3.8, 4) is 11.4 Å². The lowest BCUT2D eigenvalue weighted by atomic mass is 10.1. The molecule has 0 unspecified atom stereocenters. The molecule has 0 bridgehead atoms. The van der Waals surface area contributed by atoms with Crippen molar-refractivity contribution in [3.05, 3.63) is 54.1 Å². The van der Waals surface area contributed by atoms with Crippen LogP contribution in [0.5, 0.6) is 0 Å². The third kappa shape index (κ3) is 4.61. The number of aromatic nitrogens is 6. The Hall–Kier alpha value is -3.64. The van der Waals surface area contributed by atoms with Crippen LogP contribution in [0.1, 0.15) is 11.1 Å². The van der Waals surface area contributed by atoms with Gasteiger partial charge in [-0.3, -0.25) is 0 Å². The van der Waals surface area contributed by atoms with Crippen molar-refractivity contribution in [1.82, 2.24) is 29.5 Å². The Morgan fingerprint density at radius 2 is 1.67 bits per heavy atom. The average molecular weight is 467 g/mol. The lowest BCUT2D eigenvalue weighted by Crippen LogP contribution is -2.37. The number of rotatable bonds is 6. The van der Waals surface area contributed by atoms with Gasteiger partial charge in [-0.05, 0) is 11.1 Å². The largest absolute Gasteiger partial charge is 0.378 e. The van der Waals surface area contributed by atoms with E-state index in [9.17, 15) is 8.42 Å². The number of anilines is 2. The van der Waals surface area contributed by atoms with E-state index in [1.165, 1.54) is 0 Å². The molecule has 33 heavy (non-hydrogen) atoms. The summed E-state index contributed by atoms with van der Waals surface area (Å²) in [4.78, 5) is 24.5. The number of imidazole rings is 1. The van der Waals surface area contributed by atoms with Gasteiger partial charge in [0, 0.05) is 25.5 Å². The molecular weight excluding hydrogens is 444 g/mol. The highest BCUT2D eigenvalue weighted by Crippen LogP contribution is 2.27. The van der Waals surface area contributed by atoms with Gasteiger partial charge < -0.3 is 19.9 Å². The second-order valence-corrected chi connectivity index (χ2v) is 8.63. The Labute approximate surface area is 191 Å². The lowest BCUT2D eigenvalue weighted by molar-refractivity contribution is 0.122. The molecule has 5 rings (SSSR count). The predicted octanol–water partition coefficient (Wildman–Crippen LogP) is 0.862. The van der Waals surface area contributed by atoms with Gasteiger partial charge in [0.1, 0.15) is 10.7 Å². The van der Waals surface area contributed by atoms with Crippen LogP contribution in [0.3, 0.4) is 0 Å². The third-order valence-corrected chi connectivity index (χ3v) is 6.00. The van der Waals surface area contributed by atoms with E-state index >= 15 is 0 Å². The first-order chi connectivity index (χ1) is 16.1. The third-order valence-electron chi connectivity index (χ3n) is 5.37. The van der Waals surface area contributed by atoms with E-state index in [2.05, 4.69) is 19.9 Å². The van der Waals surface area contributed by atoms with Crippen molar-refractivity contribution < 1.29 is 13.2 Å². The number of hydrogen-bond acceptors (Lipinski definition) is 10. The fraction of sp³-hybridized carbons (Fsp3) is 0.286. The topological polar surface area (TPSA) is 142 Å². The van der Waals surface area contributed by atoms with Gasteiger partial charge in [-0.15, -0.1) is 0 Å². The molecule has 0 amide bonds. The van der Waals surface area contributed by atoms with Crippen LogP contribution in [0.2, 0.25) is 0 Å². The van der Waals surface area contributed by atoms with Crippen LogP contribution in [0.15, 0.2) is 43.0 Å². The molecule has 11 nitrogen and oxygen atoms in total. The predicted molar refractivity (Wildman–Crippen MR) is 123 cm³/mol. The highest BCUT2D eigenvalue weighted by Gasteiger charge is 2.21. The minimum absolute atomic E-state index is 0.0345. The van der Waals surface area contributed by atoms with Gasteiger partial charge >= 0.3 is 0 Å². The van der Waals surface area contributed by atoms with Crippen LogP contribution in [-0.2, 0) is 27.7 Å². The van der Waals surface area contributed by atoms with Gasteiger partial charge in [-0.25, -0.2) is 33.3 Å². The minimum atomic E-state index is -2.45. The van der Waals surface area contributed by atoms with E-state index in [1.54, 1.807) is 18.7 Å². The molecule has 1 aliphatic heterocycles. The molecule has 1 fully saturated rings. The standard InChI is InChI=1S/C21H22N8O3S/c22-21-23-9-16(10-24-21)18-26-19(28-5-7-32-8-6-28)17-20(27-18)29(13-25-17)11-14-1-3-15(4-2-14)12-33(30)31/h1-4,9-10,13,33H,5-8,11-12H2,(H2,22,23,24). The smallest absolute Gasteiger partial charge is 0.219 e. The summed E-state index contributed by atoms with van der Waals surface area (Å²) in [6.07, 6.45) is 4.95. The Kier molecular flexibility index (Phi) is 5.84. The van der Waals surface area contributed by atoms with E-state index in [1.807, 2.05) is 28.8 Å². The summed E-state index contributed by atoms with van der Waals surface area (Å²) in [6, 6.07) is 7.48. The molecule has 1 saturated heterocycles. The van der Waals surface area contributed by atoms with E-state index in [0.717, 1.165) is 16.9 Å². The summed E-state index contributed by atoms with van der Waals surface area (Å²) in [5.41, 5.74) is 9.45. The van der Waals surface area contributed by atoms with Gasteiger partial charge in [0.15, 0.2) is 22.8 Å². The van der Waals surface area contributed by atoms with E-state index in [0.29, 0.717) is 55.4 Å². The first-order valence-corrected chi connectivity index (χ1v) is 11.8. The van der Waals surface area contributed by atoms with Crippen molar-refractivity contribution >= 4 is 33.6 Å². The van der Waals surface area contributed by atoms with Crippen molar-refractivity contribution in [2.45, 2.75) is 12.3 Å². The molecule has 2 N–H and O–H groups in total. The lowest BCUT2D eigenvalue weighted by Gasteiger charge is -2.28. The molecule has 12 heteroatoms. The van der Waals surface area contributed by atoms with Gasteiger partial charge in [0.2, 0.25) is 5.95 Å². The van der Waals surface area contributed by atoms with Crippen molar-refractivity contribution in [1.29, 1.82) is 0 Å². The molecule has 170 valence electrons. The molecule has 4 aromatic rings. The van der Waals surface area contributed by atoms with Gasteiger partial charge in [0.05, 0.1) is 37.4 Å². The fourth-order valence-electron chi connectivity index (χ4n) is 3.72. The Morgan fingerprint density at radius 1 is 0.970 bits per heavy atom. The number of hydrogen-bond donors (Lipinski definition) is 2. The van der Waals surface area contributed by atoms with Crippen molar-refractivity contribution in [3.63, 3.8) is 0 Å². The van der Waals surface area contributed by atoms with Crippen LogP contribution in [-0.4, -0.2) is 64.2 Å². The number of morpholine rings is 1. The van der Waals surface area contributed by atoms with Gasteiger partial charge in [0.25, 0.3) is 0 Å². The molecule has 1 aliphatic rings. The maximum atomic E-state index is 11.0. The highest BCUT2D eigenvalue weighted by molar-refractivity contribution is 7.71. The molecule has 1 aromatic carbocycles. The molecular formula is C21H22N8O3S. The Morgan fingerprint density at radius 3 is 2.36 bits per heavy atom. The summed E-state index contributed by atoms with van der Waals surface area (Å²) < 4.78 is 29.4. The zero-order valence-corrected chi connectivity index (χ0v) is 18.6. The Balaban J connectivity index is 1.55. The molecule has 0 radical (unpaired) electrons. The molecule has 3 aromatic heterocycles. The molecule has 0 spiro atoms. The maximum Gasteiger partial charge on any atom is 0.219 e.